The smallest absolute Gasteiger partial charge is 0.307 e. The van der Waals surface area contributed by atoms with Gasteiger partial charge in [0.2, 0.25) is 0 Å². The maximum Gasteiger partial charge on any atom is 0.307 e. The van der Waals surface area contributed by atoms with Crippen LogP contribution in [0.3, 0.4) is 0 Å². The van der Waals surface area contributed by atoms with Crippen LogP contribution in [0.2, 0.25) is 0 Å². The van der Waals surface area contributed by atoms with Gasteiger partial charge in [-0.3, -0.25) is 19.6 Å². The molecule has 0 saturated carbocycles. The molecular formula is C19H22N6O4. The van der Waals surface area contributed by atoms with Crippen molar-refractivity contribution >= 4 is 17.3 Å². The van der Waals surface area contributed by atoms with Crippen LogP contribution in [-0.2, 0) is 23.5 Å². The maximum absolute atomic E-state index is 12.7. The molecule has 152 valence electrons. The Kier molecular flexibility index (Phi) is 5.62. The number of carbonyl (C=O) groups is 1. The second-order valence-corrected chi connectivity index (χ2v) is 6.95. The Balaban J connectivity index is 1.60. The number of nitrogens with zero attached hydrogens (tertiary/aromatic N) is 5. The summed E-state index contributed by atoms with van der Waals surface area (Å²) >= 11 is 0. The molecule has 0 fully saturated rings. The van der Waals surface area contributed by atoms with Crippen LogP contribution in [0.1, 0.15) is 26.3 Å². The summed E-state index contributed by atoms with van der Waals surface area (Å²) in [5.41, 5.74) is 0.400. The topological polar surface area (TPSA) is 117 Å². The number of aromatic nitrogens is 4. The van der Waals surface area contributed by atoms with Gasteiger partial charge in [-0.25, -0.2) is 4.68 Å². The Bertz CT molecular complexity index is 1010. The molecule has 0 aliphatic heterocycles. The summed E-state index contributed by atoms with van der Waals surface area (Å²) < 4.78 is 8.49. The van der Waals surface area contributed by atoms with Crippen molar-refractivity contribution in [2.75, 3.05) is 5.32 Å². The molecule has 2 heterocycles. The summed E-state index contributed by atoms with van der Waals surface area (Å²) in [5.74, 6) is 0.343. The van der Waals surface area contributed by atoms with Gasteiger partial charge in [0, 0.05) is 0 Å². The van der Waals surface area contributed by atoms with E-state index in [0.29, 0.717) is 5.69 Å². The van der Waals surface area contributed by atoms with Crippen LogP contribution in [0, 0.1) is 10.1 Å². The lowest BCUT2D eigenvalue weighted by Gasteiger charge is -2.23. The van der Waals surface area contributed by atoms with E-state index in [-0.39, 0.29) is 18.3 Å². The lowest BCUT2D eigenvalue weighted by atomic mass is 10.1. The lowest BCUT2D eigenvalue weighted by molar-refractivity contribution is -0.385. The molecule has 0 unspecified atom stereocenters. The van der Waals surface area contributed by atoms with Gasteiger partial charge < -0.3 is 10.1 Å². The van der Waals surface area contributed by atoms with E-state index in [0.717, 1.165) is 18.4 Å². The van der Waals surface area contributed by atoms with Crippen LogP contribution in [-0.4, -0.2) is 30.4 Å². The number of anilines is 1. The summed E-state index contributed by atoms with van der Waals surface area (Å²) in [4.78, 5) is 22.9. The van der Waals surface area contributed by atoms with Crippen molar-refractivity contribution in [3.05, 3.63) is 64.7 Å². The van der Waals surface area contributed by atoms with E-state index in [2.05, 4.69) is 22.4 Å². The molecule has 0 aliphatic carbocycles. The Morgan fingerprint density at radius 3 is 2.55 bits per heavy atom. The first-order chi connectivity index (χ1) is 13.8. The predicted molar refractivity (Wildman–Crippen MR) is 106 cm³/mol. The summed E-state index contributed by atoms with van der Waals surface area (Å²) in [6.07, 6.45) is 6.44. The first-order valence-electron chi connectivity index (χ1n) is 9.05. The molecule has 0 aliphatic rings. The summed E-state index contributed by atoms with van der Waals surface area (Å²) in [5, 5.41) is 21.7. The fourth-order valence-electron chi connectivity index (χ4n) is 2.56. The molecule has 10 heteroatoms. The molecule has 3 aromatic rings. The predicted octanol–water partition coefficient (Wildman–Crippen LogP) is 2.96. The van der Waals surface area contributed by atoms with E-state index in [1.165, 1.54) is 22.6 Å². The summed E-state index contributed by atoms with van der Waals surface area (Å²) in [6.45, 7) is 5.51. The molecule has 0 spiro atoms. The Hall–Kier alpha value is -3.69. The number of aryl methyl sites for hydroxylation is 1. The second kappa shape index (κ2) is 8.13. The second-order valence-electron chi connectivity index (χ2n) is 6.95. The molecule has 1 amide bonds. The largest absolute Gasteiger partial charge is 0.471 e. The van der Waals surface area contributed by atoms with Crippen molar-refractivity contribution in [1.82, 2.24) is 19.6 Å². The number of benzene rings is 1. The zero-order chi connectivity index (χ0) is 21.0. The first-order valence-corrected chi connectivity index (χ1v) is 9.05. The fraction of sp³-hybridized carbons (Fsp3) is 0.316. The number of hydrogen-bond acceptors (Lipinski definition) is 6. The van der Waals surface area contributed by atoms with Crippen molar-refractivity contribution in [3.8, 4) is 5.75 Å². The number of nitrogens with one attached hydrogen (secondary N) is 1. The third-order valence-electron chi connectivity index (χ3n) is 4.49. The zero-order valence-corrected chi connectivity index (χ0v) is 16.4. The van der Waals surface area contributed by atoms with Crippen LogP contribution in [0.25, 0.3) is 0 Å². The van der Waals surface area contributed by atoms with Gasteiger partial charge >= 0.3 is 5.69 Å². The van der Waals surface area contributed by atoms with Crippen LogP contribution in [0.5, 0.6) is 5.75 Å². The average molecular weight is 398 g/mol. The number of amides is 1. The van der Waals surface area contributed by atoms with Gasteiger partial charge in [-0.2, -0.15) is 10.2 Å². The molecule has 0 saturated heterocycles. The van der Waals surface area contributed by atoms with E-state index >= 15 is 0 Å². The molecule has 1 N–H and O–H groups in total. The number of ether oxygens (including phenoxy) is 1. The molecular weight excluding hydrogens is 376 g/mol. The van der Waals surface area contributed by atoms with E-state index in [1.54, 1.807) is 24.7 Å². The lowest BCUT2D eigenvalue weighted by Crippen LogP contribution is -2.40. The van der Waals surface area contributed by atoms with Crippen LogP contribution in [0.4, 0.5) is 11.4 Å². The molecule has 1 aromatic carbocycles. The van der Waals surface area contributed by atoms with Crippen LogP contribution in [0.15, 0.2) is 49.1 Å². The van der Waals surface area contributed by atoms with E-state index in [9.17, 15) is 14.9 Å². The van der Waals surface area contributed by atoms with Gasteiger partial charge in [-0.1, -0.05) is 19.1 Å². The SMILES string of the molecule is CCc1ccc(OCn2cc(NC(=O)C(C)(C)n3cc([N+](=O)[O-])cn3)cn2)cc1. The zero-order valence-electron chi connectivity index (χ0n) is 16.4. The number of rotatable bonds is 8. The molecule has 0 atom stereocenters. The van der Waals surface area contributed by atoms with Crippen LogP contribution < -0.4 is 10.1 Å². The molecule has 29 heavy (non-hydrogen) atoms. The third-order valence-corrected chi connectivity index (χ3v) is 4.49. The fourth-order valence-corrected chi connectivity index (χ4v) is 2.56. The minimum absolute atomic E-state index is 0.178. The van der Waals surface area contributed by atoms with E-state index < -0.39 is 10.5 Å². The molecule has 2 aromatic heterocycles. The van der Waals surface area contributed by atoms with Gasteiger partial charge in [-0.15, -0.1) is 0 Å². The van der Waals surface area contributed by atoms with Gasteiger partial charge in [-0.05, 0) is 38.0 Å². The van der Waals surface area contributed by atoms with Crippen molar-refractivity contribution in [2.24, 2.45) is 0 Å². The number of hydrogen-bond donors (Lipinski definition) is 1. The van der Waals surface area contributed by atoms with Gasteiger partial charge in [0.25, 0.3) is 5.91 Å². The number of nitro groups is 1. The first kappa shape index (κ1) is 20.1. The van der Waals surface area contributed by atoms with Crippen molar-refractivity contribution in [2.45, 2.75) is 39.5 Å². The summed E-state index contributed by atoms with van der Waals surface area (Å²) in [6, 6.07) is 7.81. The normalized spacial score (nSPS) is 11.3. The van der Waals surface area contributed by atoms with Crippen molar-refractivity contribution < 1.29 is 14.5 Å². The molecule has 0 bridgehead atoms. The highest BCUT2D eigenvalue weighted by Gasteiger charge is 2.32. The van der Waals surface area contributed by atoms with E-state index in [4.69, 9.17) is 4.74 Å². The minimum atomic E-state index is -1.13. The van der Waals surface area contributed by atoms with Gasteiger partial charge in [0.05, 0.1) is 23.0 Å². The Morgan fingerprint density at radius 1 is 1.21 bits per heavy atom. The minimum Gasteiger partial charge on any atom is -0.471 e. The highest BCUT2D eigenvalue weighted by atomic mass is 16.6. The highest BCUT2D eigenvalue weighted by Crippen LogP contribution is 2.21. The average Bonchev–Trinajstić information content (AvgIpc) is 3.37. The van der Waals surface area contributed by atoms with Crippen molar-refractivity contribution in [1.29, 1.82) is 0 Å². The van der Waals surface area contributed by atoms with Gasteiger partial charge in [0.1, 0.15) is 23.7 Å². The maximum atomic E-state index is 12.7. The molecule has 10 nitrogen and oxygen atoms in total. The van der Waals surface area contributed by atoms with Crippen LogP contribution >= 0.6 is 0 Å². The third kappa shape index (κ3) is 4.60. The van der Waals surface area contributed by atoms with Crippen molar-refractivity contribution in [3.63, 3.8) is 0 Å². The quantitative estimate of drug-likeness (QED) is 0.460. The molecule has 3 rings (SSSR count). The molecule has 0 radical (unpaired) electrons. The summed E-state index contributed by atoms with van der Waals surface area (Å²) in [7, 11) is 0. The standard InChI is InChI=1S/C19H22N6O4/c1-4-14-5-7-17(8-6-14)29-13-23-11-15(9-20-23)22-18(26)19(2,3)24-12-16(10-21-24)25(27)28/h5-12H,4,13H2,1-3H3,(H,22,26). The van der Waals surface area contributed by atoms with E-state index in [1.807, 2.05) is 24.3 Å². The highest BCUT2D eigenvalue weighted by molar-refractivity contribution is 5.95. The number of carbonyl (C=O) groups excluding carboxylic acids is 1. The van der Waals surface area contributed by atoms with Gasteiger partial charge in [0.15, 0.2) is 6.73 Å². The Labute approximate surface area is 167 Å². The Morgan fingerprint density at radius 2 is 1.93 bits per heavy atom. The monoisotopic (exact) mass is 398 g/mol.